The maximum Gasteiger partial charge on any atom is 0.266 e. The Morgan fingerprint density at radius 3 is 2.74 bits per heavy atom. The summed E-state index contributed by atoms with van der Waals surface area (Å²) in [5.74, 6) is 0.979. The average Bonchev–Trinajstić information content (AvgIpc) is 3.07. The number of aromatic nitrogens is 1. The van der Waals surface area contributed by atoms with Crippen molar-refractivity contribution < 1.29 is 9.53 Å². The highest BCUT2D eigenvalue weighted by molar-refractivity contribution is 8.26. The average molecular weight is 454 g/mol. The van der Waals surface area contributed by atoms with Crippen LogP contribution in [0.4, 0.5) is 5.82 Å². The van der Waals surface area contributed by atoms with Crippen molar-refractivity contribution in [2.75, 3.05) is 31.2 Å². The maximum absolute atomic E-state index is 13.3. The summed E-state index contributed by atoms with van der Waals surface area (Å²) in [4.78, 5) is 23.2. The summed E-state index contributed by atoms with van der Waals surface area (Å²) in [7, 11) is 0. The second kappa shape index (κ2) is 8.88. The van der Waals surface area contributed by atoms with Gasteiger partial charge in [-0.25, -0.2) is 4.98 Å². The highest BCUT2D eigenvalue weighted by atomic mass is 32.2. The minimum atomic E-state index is 0.0548. The molecule has 1 aromatic carbocycles. The minimum Gasteiger partial charge on any atom is -0.378 e. The van der Waals surface area contributed by atoms with Crippen LogP contribution in [0.5, 0.6) is 0 Å². The number of thioether (sulfide) groups is 1. The lowest BCUT2D eigenvalue weighted by atomic mass is 9.94. The molecular weight excluding hydrogens is 426 g/mol. The molecule has 162 valence electrons. The number of morpholine rings is 1. The van der Waals surface area contributed by atoms with Crippen molar-refractivity contribution >= 4 is 57.0 Å². The highest BCUT2D eigenvalue weighted by Crippen LogP contribution is 2.38. The molecule has 3 fully saturated rings. The first kappa shape index (κ1) is 20.9. The van der Waals surface area contributed by atoms with E-state index in [1.807, 2.05) is 11.0 Å². The number of anilines is 1. The SMILES string of the molecule is Cc1cccc2cc(/C=C3\SC(=S)N(C4CCCCC4)C3=O)c(N3CCOCC3)nc12. The van der Waals surface area contributed by atoms with E-state index in [9.17, 15) is 4.79 Å². The van der Waals surface area contributed by atoms with E-state index in [2.05, 4.69) is 36.1 Å². The van der Waals surface area contributed by atoms with Crippen LogP contribution in [0.1, 0.15) is 43.2 Å². The molecule has 1 aromatic heterocycles. The number of thiocarbonyl (C=S) groups is 1. The monoisotopic (exact) mass is 453 g/mol. The standard InChI is InChI=1S/C24H27N3O2S2/c1-16-6-5-7-17-14-18(22(25-21(16)17)26-10-12-29-13-11-26)15-20-23(28)27(24(30)31-20)19-8-3-2-4-9-19/h5-7,14-15,19H,2-4,8-13H2,1H3/b20-15-. The molecule has 0 spiro atoms. The van der Waals surface area contributed by atoms with Crippen LogP contribution in [0.3, 0.4) is 0 Å². The Bertz CT molecular complexity index is 1060. The Balaban J connectivity index is 1.55. The molecule has 31 heavy (non-hydrogen) atoms. The fourth-order valence-electron chi connectivity index (χ4n) is 4.76. The van der Waals surface area contributed by atoms with Crippen molar-refractivity contribution in [2.24, 2.45) is 0 Å². The van der Waals surface area contributed by atoms with Gasteiger partial charge in [-0.05, 0) is 37.5 Å². The van der Waals surface area contributed by atoms with Gasteiger partial charge in [0, 0.05) is 30.1 Å². The molecular formula is C24H27N3O2S2. The number of fused-ring (bicyclic) bond motifs is 1. The van der Waals surface area contributed by atoms with Gasteiger partial charge in [-0.3, -0.25) is 9.69 Å². The number of carbonyl (C=O) groups excluding carboxylic acids is 1. The number of aryl methyl sites for hydroxylation is 1. The first-order valence-electron chi connectivity index (χ1n) is 11.1. The lowest BCUT2D eigenvalue weighted by Crippen LogP contribution is -2.39. The summed E-state index contributed by atoms with van der Waals surface area (Å²) < 4.78 is 6.25. The molecule has 0 N–H and O–H groups in total. The van der Waals surface area contributed by atoms with E-state index in [0.29, 0.717) is 22.4 Å². The topological polar surface area (TPSA) is 45.7 Å². The fourth-order valence-corrected chi connectivity index (χ4v) is 6.15. The molecule has 3 heterocycles. The van der Waals surface area contributed by atoms with E-state index in [1.165, 1.54) is 31.0 Å². The summed E-state index contributed by atoms with van der Waals surface area (Å²) in [5.41, 5.74) is 3.14. The van der Waals surface area contributed by atoms with Crippen LogP contribution in [-0.2, 0) is 9.53 Å². The van der Waals surface area contributed by atoms with Gasteiger partial charge in [-0.15, -0.1) is 0 Å². The van der Waals surface area contributed by atoms with Crippen molar-refractivity contribution in [3.05, 3.63) is 40.3 Å². The lowest BCUT2D eigenvalue weighted by Gasteiger charge is -2.30. The molecule has 7 heteroatoms. The smallest absolute Gasteiger partial charge is 0.266 e. The van der Waals surface area contributed by atoms with Gasteiger partial charge in [0.1, 0.15) is 10.1 Å². The molecule has 0 unspecified atom stereocenters. The van der Waals surface area contributed by atoms with Gasteiger partial charge in [0.25, 0.3) is 5.91 Å². The van der Waals surface area contributed by atoms with E-state index in [4.69, 9.17) is 21.9 Å². The molecule has 2 aromatic rings. The second-order valence-electron chi connectivity index (χ2n) is 8.49. The van der Waals surface area contributed by atoms with Gasteiger partial charge in [-0.1, -0.05) is 61.4 Å². The van der Waals surface area contributed by atoms with Crippen molar-refractivity contribution in [1.29, 1.82) is 0 Å². The number of benzene rings is 1. The molecule has 5 rings (SSSR count). The van der Waals surface area contributed by atoms with Crippen LogP contribution in [0, 0.1) is 6.92 Å². The van der Waals surface area contributed by atoms with Crippen LogP contribution in [0.2, 0.25) is 0 Å². The molecule has 5 nitrogen and oxygen atoms in total. The number of rotatable bonds is 3. The molecule has 0 radical (unpaired) electrons. The molecule has 3 aliphatic rings. The Hall–Kier alpha value is -1.96. The molecule has 2 aliphatic heterocycles. The molecule has 1 aliphatic carbocycles. The summed E-state index contributed by atoms with van der Waals surface area (Å²) >= 11 is 7.06. The molecule has 0 atom stereocenters. The third kappa shape index (κ3) is 4.11. The predicted molar refractivity (Wildman–Crippen MR) is 131 cm³/mol. The predicted octanol–water partition coefficient (Wildman–Crippen LogP) is 4.91. The first-order chi connectivity index (χ1) is 15.1. The molecule has 1 amide bonds. The molecule has 1 saturated carbocycles. The summed E-state index contributed by atoms with van der Waals surface area (Å²) in [6.45, 7) is 5.07. The van der Waals surface area contributed by atoms with E-state index in [1.54, 1.807) is 0 Å². The van der Waals surface area contributed by atoms with E-state index < -0.39 is 0 Å². The molecule has 2 saturated heterocycles. The number of pyridine rings is 1. The highest BCUT2D eigenvalue weighted by Gasteiger charge is 2.37. The van der Waals surface area contributed by atoms with Crippen molar-refractivity contribution in [3.8, 4) is 0 Å². The van der Waals surface area contributed by atoms with Crippen molar-refractivity contribution in [1.82, 2.24) is 9.88 Å². The van der Waals surface area contributed by atoms with Gasteiger partial charge in [0.15, 0.2) is 0 Å². The summed E-state index contributed by atoms with van der Waals surface area (Å²) in [5, 5.41) is 1.09. The fraction of sp³-hybridized carbons (Fsp3) is 0.458. The number of hydrogen-bond acceptors (Lipinski definition) is 6. The Kier molecular flexibility index (Phi) is 5.99. The van der Waals surface area contributed by atoms with E-state index in [0.717, 1.165) is 53.8 Å². The zero-order valence-electron chi connectivity index (χ0n) is 17.8. The van der Waals surface area contributed by atoms with Crippen LogP contribution in [0.15, 0.2) is 29.2 Å². The third-order valence-electron chi connectivity index (χ3n) is 6.42. The number of ether oxygens (including phenoxy) is 1. The van der Waals surface area contributed by atoms with Crippen molar-refractivity contribution in [3.63, 3.8) is 0 Å². The Morgan fingerprint density at radius 1 is 1.19 bits per heavy atom. The van der Waals surface area contributed by atoms with Crippen LogP contribution in [0.25, 0.3) is 17.0 Å². The van der Waals surface area contributed by atoms with Crippen LogP contribution >= 0.6 is 24.0 Å². The number of hydrogen-bond donors (Lipinski definition) is 0. The normalized spacial score (nSPS) is 22.2. The molecule has 0 bridgehead atoms. The van der Waals surface area contributed by atoms with E-state index in [-0.39, 0.29) is 11.9 Å². The van der Waals surface area contributed by atoms with Crippen molar-refractivity contribution in [2.45, 2.75) is 45.1 Å². The minimum absolute atomic E-state index is 0.0548. The maximum atomic E-state index is 13.3. The first-order valence-corrected chi connectivity index (χ1v) is 12.3. The van der Waals surface area contributed by atoms with Gasteiger partial charge in [0.2, 0.25) is 0 Å². The Morgan fingerprint density at radius 2 is 1.97 bits per heavy atom. The summed E-state index contributed by atoms with van der Waals surface area (Å²) in [6, 6.07) is 8.65. The third-order valence-corrected chi connectivity index (χ3v) is 7.75. The van der Waals surface area contributed by atoms with Gasteiger partial charge in [0.05, 0.1) is 23.6 Å². The zero-order valence-corrected chi connectivity index (χ0v) is 19.4. The summed E-state index contributed by atoms with van der Waals surface area (Å²) in [6.07, 6.45) is 7.71. The quantitative estimate of drug-likeness (QED) is 0.486. The zero-order chi connectivity index (χ0) is 21.4. The largest absolute Gasteiger partial charge is 0.378 e. The lowest BCUT2D eigenvalue weighted by molar-refractivity contribution is -0.124. The number of carbonyl (C=O) groups is 1. The van der Waals surface area contributed by atoms with E-state index >= 15 is 0 Å². The Labute approximate surface area is 192 Å². The van der Waals surface area contributed by atoms with Gasteiger partial charge < -0.3 is 9.64 Å². The number of para-hydroxylation sites is 1. The van der Waals surface area contributed by atoms with Gasteiger partial charge in [-0.2, -0.15) is 0 Å². The number of nitrogens with zero attached hydrogens (tertiary/aromatic N) is 3. The van der Waals surface area contributed by atoms with Gasteiger partial charge >= 0.3 is 0 Å². The van der Waals surface area contributed by atoms with Crippen LogP contribution < -0.4 is 4.90 Å². The van der Waals surface area contributed by atoms with Crippen LogP contribution in [-0.4, -0.2) is 52.5 Å². The second-order valence-corrected chi connectivity index (χ2v) is 10.2. The number of amides is 1.